The molecule has 27 heavy (non-hydrogen) atoms. The maximum atomic E-state index is 12.7. The molecule has 0 spiro atoms. The van der Waals surface area contributed by atoms with Crippen LogP contribution in [0.15, 0.2) is 41.5 Å². The lowest BCUT2D eigenvalue weighted by molar-refractivity contribution is -0.137. The van der Waals surface area contributed by atoms with E-state index in [-0.39, 0.29) is 5.56 Å². The lowest BCUT2D eigenvalue weighted by Crippen LogP contribution is -2.18. The van der Waals surface area contributed by atoms with Gasteiger partial charge >= 0.3 is 6.18 Å². The highest BCUT2D eigenvalue weighted by Gasteiger charge is 2.30. The molecule has 2 aromatic rings. The summed E-state index contributed by atoms with van der Waals surface area (Å²) in [5.74, 6) is 0.491. The second-order valence-electron chi connectivity index (χ2n) is 5.23. The molecule has 0 aromatic heterocycles. The molecule has 0 heterocycles. The number of amides is 1. The fourth-order valence-corrected chi connectivity index (χ4v) is 2.22. The summed E-state index contributed by atoms with van der Waals surface area (Å²) in [4.78, 5) is 12.0. The number of nitrogens with one attached hydrogen (secondary N) is 1. The second-order valence-corrected chi connectivity index (χ2v) is 5.23. The molecule has 0 aliphatic carbocycles. The van der Waals surface area contributed by atoms with Gasteiger partial charge in [0, 0.05) is 17.2 Å². The SMILES string of the molecule is COc1cc(OC)c(OC)cc1/C=N\NC(=O)c1cccc(C(F)(F)F)c1. The zero-order valence-electron chi connectivity index (χ0n) is 14.8. The monoisotopic (exact) mass is 382 g/mol. The van der Waals surface area contributed by atoms with Gasteiger partial charge < -0.3 is 14.2 Å². The maximum absolute atomic E-state index is 12.7. The van der Waals surface area contributed by atoms with E-state index >= 15 is 0 Å². The van der Waals surface area contributed by atoms with Gasteiger partial charge in [0.15, 0.2) is 11.5 Å². The molecule has 2 rings (SSSR count). The molecule has 1 amide bonds. The molecule has 0 saturated carbocycles. The highest BCUT2D eigenvalue weighted by atomic mass is 19.4. The first-order valence-corrected chi connectivity index (χ1v) is 7.60. The molecule has 144 valence electrons. The predicted octanol–water partition coefficient (Wildman–Crippen LogP) is 3.50. The van der Waals surface area contributed by atoms with Crippen molar-refractivity contribution in [1.29, 1.82) is 0 Å². The predicted molar refractivity (Wildman–Crippen MR) is 92.6 cm³/mol. The molecule has 9 heteroatoms. The Morgan fingerprint density at radius 2 is 1.63 bits per heavy atom. The van der Waals surface area contributed by atoms with Crippen LogP contribution in [-0.2, 0) is 6.18 Å². The number of halogens is 3. The van der Waals surface area contributed by atoms with Crippen LogP contribution in [0.3, 0.4) is 0 Å². The van der Waals surface area contributed by atoms with Gasteiger partial charge in [-0.1, -0.05) is 6.07 Å². The number of nitrogens with zero attached hydrogens (tertiary/aromatic N) is 1. The van der Waals surface area contributed by atoms with E-state index < -0.39 is 17.6 Å². The number of carbonyl (C=O) groups is 1. The quantitative estimate of drug-likeness (QED) is 0.613. The van der Waals surface area contributed by atoms with Gasteiger partial charge in [-0.3, -0.25) is 4.79 Å². The van der Waals surface area contributed by atoms with Gasteiger partial charge in [0.1, 0.15) is 5.75 Å². The maximum Gasteiger partial charge on any atom is 0.416 e. The first-order valence-electron chi connectivity index (χ1n) is 7.60. The number of hydrogen-bond acceptors (Lipinski definition) is 5. The molecule has 0 atom stereocenters. The summed E-state index contributed by atoms with van der Waals surface area (Å²) >= 11 is 0. The van der Waals surface area contributed by atoms with Gasteiger partial charge in [0.2, 0.25) is 0 Å². The zero-order chi connectivity index (χ0) is 20.0. The van der Waals surface area contributed by atoms with Crippen molar-refractivity contribution >= 4 is 12.1 Å². The minimum Gasteiger partial charge on any atom is -0.496 e. The van der Waals surface area contributed by atoms with Crippen LogP contribution < -0.4 is 19.6 Å². The summed E-state index contributed by atoms with van der Waals surface area (Å²) in [6.07, 6.45) is -3.25. The molecule has 6 nitrogen and oxygen atoms in total. The van der Waals surface area contributed by atoms with Crippen molar-refractivity contribution in [1.82, 2.24) is 5.43 Å². The minimum atomic E-state index is -4.54. The number of carbonyl (C=O) groups excluding carboxylic acids is 1. The Labute approximate surface area is 153 Å². The molecule has 0 saturated heterocycles. The smallest absolute Gasteiger partial charge is 0.416 e. The van der Waals surface area contributed by atoms with E-state index in [9.17, 15) is 18.0 Å². The largest absolute Gasteiger partial charge is 0.496 e. The van der Waals surface area contributed by atoms with E-state index in [1.165, 1.54) is 33.6 Å². The van der Waals surface area contributed by atoms with E-state index in [0.29, 0.717) is 22.8 Å². The van der Waals surface area contributed by atoms with Crippen LogP contribution >= 0.6 is 0 Å². The van der Waals surface area contributed by atoms with Gasteiger partial charge in [0.25, 0.3) is 5.91 Å². The third-order valence-corrected chi connectivity index (χ3v) is 3.56. The number of rotatable bonds is 6. The van der Waals surface area contributed by atoms with Gasteiger partial charge in [-0.05, 0) is 24.3 Å². The van der Waals surface area contributed by atoms with Crippen molar-refractivity contribution in [3.8, 4) is 17.2 Å². The van der Waals surface area contributed by atoms with E-state index in [2.05, 4.69) is 10.5 Å². The number of alkyl halides is 3. The fourth-order valence-electron chi connectivity index (χ4n) is 2.22. The number of benzene rings is 2. The van der Waals surface area contributed by atoms with Crippen molar-refractivity contribution < 1.29 is 32.2 Å². The van der Waals surface area contributed by atoms with Crippen LogP contribution in [0.4, 0.5) is 13.2 Å². The Hall–Kier alpha value is -3.23. The first kappa shape index (κ1) is 20.1. The van der Waals surface area contributed by atoms with Gasteiger partial charge in [-0.25, -0.2) is 5.43 Å². The van der Waals surface area contributed by atoms with Crippen molar-refractivity contribution in [2.45, 2.75) is 6.18 Å². The molecule has 0 radical (unpaired) electrons. The van der Waals surface area contributed by atoms with Crippen LogP contribution in [0.2, 0.25) is 0 Å². The summed E-state index contributed by atoms with van der Waals surface area (Å²) in [5, 5.41) is 3.77. The van der Waals surface area contributed by atoms with E-state index in [1.807, 2.05) is 0 Å². The molecule has 0 unspecified atom stereocenters. The van der Waals surface area contributed by atoms with Gasteiger partial charge in [-0.15, -0.1) is 0 Å². The summed E-state index contributed by atoms with van der Waals surface area (Å²) in [6.45, 7) is 0. The van der Waals surface area contributed by atoms with E-state index in [1.54, 1.807) is 12.1 Å². The zero-order valence-corrected chi connectivity index (χ0v) is 14.8. The highest BCUT2D eigenvalue weighted by Crippen LogP contribution is 2.33. The fraction of sp³-hybridized carbons (Fsp3) is 0.222. The number of methoxy groups -OCH3 is 3. The van der Waals surface area contributed by atoms with Gasteiger partial charge in [-0.2, -0.15) is 18.3 Å². The minimum absolute atomic E-state index is 0.166. The highest BCUT2D eigenvalue weighted by molar-refractivity contribution is 5.95. The molecular formula is C18H17F3N2O4. The summed E-state index contributed by atoms with van der Waals surface area (Å²) in [7, 11) is 4.38. The molecule has 1 N–H and O–H groups in total. The van der Waals surface area contributed by atoms with Crippen molar-refractivity contribution in [2.24, 2.45) is 5.10 Å². The molecule has 2 aromatic carbocycles. The van der Waals surface area contributed by atoms with Crippen LogP contribution in [0.1, 0.15) is 21.5 Å². The molecule has 0 aliphatic rings. The standard InChI is InChI=1S/C18H17F3N2O4/c1-25-14-9-16(27-3)15(26-2)8-12(14)10-22-23-17(24)11-5-4-6-13(7-11)18(19,20)21/h4-10H,1-3H3,(H,23,24)/b22-10-. The Morgan fingerprint density at radius 1 is 1.00 bits per heavy atom. The number of hydrogen-bond donors (Lipinski definition) is 1. The average molecular weight is 382 g/mol. The second kappa shape index (κ2) is 8.43. The summed E-state index contributed by atoms with van der Waals surface area (Å²) < 4.78 is 53.7. The van der Waals surface area contributed by atoms with Gasteiger partial charge in [0.05, 0.1) is 33.1 Å². The number of hydrazone groups is 1. The Morgan fingerprint density at radius 3 is 2.22 bits per heavy atom. The normalized spacial score (nSPS) is 11.3. The third kappa shape index (κ3) is 4.90. The van der Waals surface area contributed by atoms with Crippen molar-refractivity contribution in [2.75, 3.05) is 21.3 Å². The van der Waals surface area contributed by atoms with Crippen LogP contribution in [0, 0.1) is 0 Å². The van der Waals surface area contributed by atoms with Crippen LogP contribution in [0.25, 0.3) is 0 Å². The van der Waals surface area contributed by atoms with Crippen molar-refractivity contribution in [3.05, 3.63) is 53.1 Å². The van der Waals surface area contributed by atoms with Crippen LogP contribution in [-0.4, -0.2) is 33.5 Å². The van der Waals surface area contributed by atoms with Crippen molar-refractivity contribution in [3.63, 3.8) is 0 Å². The first-order chi connectivity index (χ1) is 12.8. The lowest BCUT2D eigenvalue weighted by Gasteiger charge is -2.11. The Balaban J connectivity index is 2.19. The Kier molecular flexibility index (Phi) is 6.27. The summed E-state index contributed by atoms with van der Waals surface area (Å²) in [5.41, 5.74) is 1.57. The molecule has 0 fully saturated rings. The Bertz CT molecular complexity index is 851. The topological polar surface area (TPSA) is 69.2 Å². The molecule has 0 bridgehead atoms. The molecule has 0 aliphatic heterocycles. The van der Waals surface area contributed by atoms with Crippen LogP contribution in [0.5, 0.6) is 17.2 Å². The average Bonchev–Trinajstić information content (AvgIpc) is 2.66. The lowest BCUT2D eigenvalue weighted by atomic mass is 10.1. The number of ether oxygens (including phenoxy) is 3. The molecular weight excluding hydrogens is 365 g/mol. The van der Waals surface area contributed by atoms with E-state index in [4.69, 9.17) is 14.2 Å². The summed E-state index contributed by atoms with van der Waals surface area (Å²) in [6, 6.07) is 7.21. The third-order valence-electron chi connectivity index (χ3n) is 3.56. The van der Waals surface area contributed by atoms with E-state index in [0.717, 1.165) is 18.2 Å².